The number of ether oxygens (including phenoxy) is 1. The second-order valence-corrected chi connectivity index (χ2v) is 11.2. The molecule has 0 aromatic heterocycles. The van der Waals surface area contributed by atoms with E-state index in [4.69, 9.17) is 9.73 Å². The van der Waals surface area contributed by atoms with Crippen LogP contribution in [0.3, 0.4) is 0 Å². The average molecular weight is 447 g/mol. The van der Waals surface area contributed by atoms with E-state index in [1.165, 1.54) is 29.6 Å². The Morgan fingerprint density at radius 2 is 1.94 bits per heavy atom. The average Bonchev–Trinajstić information content (AvgIpc) is 3.59. The Morgan fingerprint density at radius 1 is 1.19 bits per heavy atom. The highest BCUT2D eigenvalue weighted by Gasteiger charge is 2.40. The smallest absolute Gasteiger partial charge is 0.193 e. The van der Waals surface area contributed by atoms with Crippen LogP contribution in [0.1, 0.15) is 58.9 Å². The molecule has 0 saturated heterocycles. The van der Waals surface area contributed by atoms with Crippen LogP contribution in [0, 0.1) is 29.1 Å². The summed E-state index contributed by atoms with van der Waals surface area (Å²) < 4.78 is 6.39. The molecule has 1 aromatic rings. The van der Waals surface area contributed by atoms with E-state index in [0.29, 0.717) is 23.0 Å². The van der Waals surface area contributed by atoms with Crippen LogP contribution in [0.5, 0.6) is 0 Å². The van der Waals surface area contributed by atoms with Crippen LogP contribution in [0.4, 0.5) is 0 Å². The molecule has 4 heteroatoms. The zero-order valence-electron chi connectivity index (χ0n) is 19.7. The van der Waals surface area contributed by atoms with Gasteiger partial charge in [-0.25, -0.2) is 4.99 Å². The third kappa shape index (κ3) is 5.56. The first-order valence-electron chi connectivity index (χ1n) is 11.8. The lowest BCUT2D eigenvalue weighted by Gasteiger charge is -2.38. The summed E-state index contributed by atoms with van der Waals surface area (Å²) in [5.74, 6) is 2.36. The van der Waals surface area contributed by atoms with E-state index in [9.17, 15) is 5.26 Å². The van der Waals surface area contributed by atoms with Crippen LogP contribution < -0.4 is 0 Å². The molecule has 1 heterocycles. The van der Waals surface area contributed by atoms with E-state index in [2.05, 4.69) is 64.1 Å². The molecule has 2 aliphatic carbocycles. The standard InChI is InChI=1S/C28H34N2OS/c1-18(2)26-27(32-24-13-19(3)12-23(14-24)16-29)25(15-21-10-11-21)20(4)30-28(26)31-17-22-8-6-5-7-9-22/h5-9,12,14,18,21,24,26-27H,10-11,13,15,17H2,1-4H3. The van der Waals surface area contributed by atoms with Gasteiger partial charge in [0.05, 0.1) is 12.0 Å². The second kappa shape index (κ2) is 10.1. The molecular weight excluding hydrogens is 412 g/mol. The van der Waals surface area contributed by atoms with Gasteiger partial charge in [-0.3, -0.25) is 0 Å². The van der Waals surface area contributed by atoms with Gasteiger partial charge in [0.25, 0.3) is 0 Å². The molecule has 1 aromatic carbocycles. The molecule has 0 N–H and O–H groups in total. The van der Waals surface area contributed by atoms with Crippen molar-refractivity contribution in [2.75, 3.05) is 0 Å². The number of nitrogens with zero attached hydrogens (tertiary/aromatic N) is 2. The lowest BCUT2D eigenvalue weighted by Crippen LogP contribution is -2.38. The van der Waals surface area contributed by atoms with E-state index in [0.717, 1.165) is 35.9 Å². The first-order valence-corrected chi connectivity index (χ1v) is 12.8. The number of allylic oxidation sites excluding steroid dienone is 4. The lowest BCUT2D eigenvalue weighted by atomic mass is 9.84. The summed E-state index contributed by atoms with van der Waals surface area (Å²) in [6.07, 6.45) is 9.02. The number of aliphatic imine (C=N–C) groups is 1. The Kier molecular flexibility index (Phi) is 7.26. The normalized spacial score (nSPS) is 25.8. The molecule has 3 unspecified atom stereocenters. The van der Waals surface area contributed by atoms with Gasteiger partial charge in [0.2, 0.25) is 0 Å². The quantitative estimate of drug-likeness (QED) is 0.444. The van der Waals surface area contributed by atoms with Crippen LogP contribution in [-0.4, -0.2) is 16.4 Å². The SMILES string of the molecule is CC1=CC(C#N)=CC(SC2C(CC3CC3)=C(C)N=C(OCc3ccccc3)C2C(C)C)C1. The van der Waals surface area contributed by atoms with Gasteiger partial charge in [0, 0.05) is 21.8 Å². The maximum Gasteiger partial charge on any atom is 0.193 e. The largest absolute Gasteiger partial charge is 0.476 e. The monoisotopic (exact) mass is 446 g/mol. The third-order valence-corrected chi connectivity index (χ3v) is 8.11. The molecule has 3 nitrogen and oxygen atoms in total. The van der Waals surface area contributed by atoms with Crippen molar-refractivity contribution in [2.24, 2.45) is 22.7 Å². The predicted molar refractivity (Wildman–Crippen MR) is 134 cm³/mol. The minimum absolute atomic E-state index is 0.242. The van der Waals surface area contributed by atoms with Gasteiger partial charge in [-0.1, -0.05) is 55.8 Å². The second-order valence-electron chi connectivity index (χ2n) is 9.78. The van der Waals surface area contributed by atoms with Crippen molar-refractivity contribution in [1.29, 1.82) is 5.26 Å². The predicted octanol–water partition coefficient (Wildman–Crippen LogP) is 7.23. The zero-order chi connectivity index (χ0) is 22.7. The fraction of sp³-hybridized carbons (Fsp3) is 0.500. The highest BCUT2D eigenvalue weighted by molar-refractivity contribution is 8.00. The summed E-state index contributed by atoms with van der Waals surface area (Å²) in [5.41, 5.74) is 5.89. The van der Waals surface area contributed by atoms with Gasteiger partial charge < -0.3 is 4.74 Å². The topological polar surface area (TPSA) is 45.4 Å². The molecular formula is C28H34N2OS. The molecule has 168 valence electrons. The minimum atomic E-state index is 0.242. The summed E-state index contributed by atoms with van der Waals surface area (Å²) >= 11 is 2.02. The van der Waals surface area contributed by atoms with Crippen molar-refractivity contribution in [3.8, 4) is 6.07 Å². The Bertz CT molecular complexity index is 992. The Morgan fingerprint density at radius 3 is 2.59 bits per heavy atom. The molecule has 1 saturated carbocycles. The molecule has 0 radical (unpaired) electrons. The van der Waals surface area contributed by atoms with Gasteiger partial charge in [0.15, 0.2) is 5.90 Å². The zero-order valence-corrected chi connectivity index (χ0v) is 20.5. The van der Waals surface area contributed by atoms with Gasteiger partial charge in [-0.05, 0) is 68.6 Å². The van der Waals surface area contributed by atoms with Crippen LogP contribution >= 0.6 is 11.8 Å². The van der Waals surface area contributed by atoms with Crippen molar-refractivity contribution in [3.05, 3.63) is 70.5 Å². The molecule has 1 fully saturated rings. The summed E-state index contributed by atoms with van der Waals surface area (Å²) in [6, 6.07) is 12.7. The first kappa shape index (κ1) is 22.9. The van der Waals surface area contributed by atoms with Gasteiger partial charge >= 0.3 is 0 Å². The Balaban J connectivity index is 1.62. The van der Waals surface area contributed by atoms with Crippen molar-refractivity contribution in [1.82, 2.24) is 0 Å². The first-order chi connectivity index (χ1) is 15.4. The summed E-state index contributed by atoms with van der Waals surface area (Å²) in [6.45, 7) is 9.43. The Hall–Kier alpha value is -2.25. The lowest BCUT2D eigenvalue weighted by molar-refractivity contribution is 0.251. The molecule has 0 bridgehead atoms. The highest BCUT2D eigenvalue weighted by Crippen LogP contribution is 2.47. The van der Waals surface area contributed by atoms with Gasteiger partial charge in [-0.15, -0.1) is 11.8 Å². The van der Waals surface area contributed by atoms with E-state index >= 15 is 0 Å². The maximum absolute atomic E-state index is 9.49. The highest BCUT2D eigenvalue weighted by atomic mass is 32.2. The van der Waals surface area contributed by atoms with Crippen LogP contribution in [0.25, 0.3) is 0 Å². The summed E-state index contributed by atoms with van der Waals surface area (Å²) in [4.78, 5) is 5.03. The maximum atomic E-state index is 9.49. The van der Waals surface area contributed by atoms with Crippen LogP contribution in [0.2, 0.25) is 0 Å². The number of hydrogen-bond acceptors (Lipinski definition) is 4. The summed E-state index contributed by atoms with van der Waals surface area (Å²) in [7, 11) is 0. The number of benzene rings is 1. The molecule has 1 aliphatic heterocycles. The van der Waals surface area contributed by atoms with E-state index in [1.54, 1.807) is 0 Å². The van der Waals surface area contributed by atoms with E-state index in [-0.39, 0.29) is 5.92 Å². The third-order valence-electron chi connectivity index (χ3n) is 6.59. The Labute approximate surface area is 197 Å². The minimum Gasteiger partial charge on any atom is -0.476 e. The van der Waals surface area contributed by atoms with Gasteiger partial charge in [-0.2, -0.15) is 5.26 Å². The molecule has 0 amide bonds. The summed E-state index contributed by atoms with van der Waals surface area (Å²) in [5, 5.41) is 10.1. The number of hydrogen-bond donors (Lipinski definition) is 0. The fourth-order valence-electron chi connectivity index (χ4n) is 4.72. The molecule has 32 heavy (non-hydrogen) atoms. The van der Waals surface area contributed by atoms with Gasteiger partial charge in [0.1, 0.15) is 6.61 Å². The van der Waals surface area contributed by atoms with E-state index in [1.807, 2.05) is 23.9 Å². The van der Waals surface area contributed by atoms with E-state index < -0.39 is 0 Å². The van der Waals surface area contributed by atoms with Crippen molar-refractivity contribution in [2.45, 2.75) is 70.5 Å². The van der Waals surface area contributed by atoms with Crippen LogP contribution in [0.15, 0.2) is 69.9 Å². The number of rotatable bonds is 7. The molecule has 3 aliphatic rings. The van der Waals surface area contributed by atoms with Crippen LogP contribution in [-0.2, 0) is 11.3 Å². The van der Waals surface area contributed by atoms with Crippen molar-refractivity contribution < 1.29 is 4.74 Å². The fourth-order valence-corrected chi connectivity index (χ4v) is 6.71. The van der Waals surface area contributed by atoms with Crippen molar-refractivity contribution in [3.63, 3.8) is 0 Å². The molecule has 4 rings (SSSR count). The molecule has 3 atom stereocenters. The number of thioether (sulfide) groups is 1. The molecule has 0 spiro atoms. The number of nitriles is 1. The van der Waals surface area contributed by atoms with Crippen molar-refractivity contribution >= 4 is 17.7 Å².